The van der Waals surface area contributed by atoms with Gasteiger partial charge in [-0.05, 0) is 30.7 Å². The van der Waals surface area contributed by atoms with Crippen LogP contribution in [-0.4, -0.2) is 11.1 Å². The zero-order valence-electron chi connectivity index (χ0n) is 8.78. The van der Waals surface area contributed by atoms with Gasteiger partial charge in [0, 0.05) is 28.8 Å². The molecule has 1 heterocycles. The number of H-pyrrole nitrogens is 1. The highest BCUT2D eigenvalue weighted by atomic mass is 16.4. The molecule has 0 saturated heterocycles. The fourth-order valence-electron chi connectivity index (χ4n) is 1.71. The number of carbonyl (C=O) groups is 1. The second-order valence-electron chi connectivity index (χ2n) is 3.71. The molecule has 0 spiro atoms. The Balaban J connectivity index is 2.50. The Bertz CT molecular complexity index is 531. The summed E-state index contributed by atoms with van der Waals surface area (Å²) < 4.78 is 0. The molecular formula is C11H12N3O2-. The van der Waals surface area contributed by atoms with E-state index in [4.69, 9.17) is 5.73 Å². The molecule has 2 rings (SSSR count). The first-order chi connectivity index (χ1) is 7.58. The van der Waals surface area contributed by atoms with Crippen LogP contribution in [0.4, 0.5) is 10.5 Å². The number of nitrogens with two attached hydrogens (primary N) is 1. The van der Waals surface area contributed by atoms with Crippen molar-refractivity contribution in [1.29, 1.82) is 0 Å². The molecule has 5 nitrogen and oxygen atoms in total. The number of carbonyl (C=O) groups excluding carboxylic acids is 1. The van der Waals surface area contributed by atoms with Gasteiger partial charge in [0.25, 0.3) is 0 Å². The molecule has 0 bridgehead atoms. The van der Waals surface area contributed by atoms with Gasteiger partial charge in [-0.1, -0.05) is 0 Å². The first-order valence-corrected chi connectivity index (χ1v) is 4.92. The van der Waals surface area contributed by atoms with E-state index in [2.05, 4.69) is 10.3 Å². The Hall–Kier alpha value is -2.01. The maximum atomic E-state index is 10.4. The summed E-state index contributed by atoms with van der Waals surface area (Å²) in [7, 11) is 0. The summed E-state index contributed by atoms with van der Waals surface area (Å²) >= 11 is 0. The zero-order valence-corrected chi connectivity index (χ0v) is 8.78. The highest BCUT2D eigenvalue weighted by molar-refractivity contribution is 5.90. The number of fused-ring (bicyclic) bond motifs is 1. The van der Waals surface area contributed by atoms with E-state index in [9.17, 15) is 9.90 Å². The van der Waals surface area contributed by atoms with Crippen molar-refractivity contribution < 1.29 is 9.90 Å². The summed E-state index contributed by atoms with van der Waals surface area (Å²) in [6.07, 6.45) is 0.509. The van der Waals surface area contributed by atoms with E-state index in [0.717, 1.165) is 16.5 Å². The summed E-state index contributed by atoms with van der Waals surface area (Å²) in [6, 6.07) is 5.10. The van der Waals surface area contributed by atoms with Gasteiger partial charge in [0.2, 0.25) is 0 Å². The fraction of sp³-hybridized carbons (Fsp3) is 0.182. The van der Waals surface area contributed by atoms with Gasteiger partial charge in [-0.25, -0.2) is 0 Å². The van der Waals surface area contributed by atoms with E-state index in [1.165, 1.54) is 0 Å². The minimum Gasteiger partial charge on any atom is -0.530 e. The average molecular weight is 218 g/mol. The van der Waals surface area contributed by atoms with Crippen LogP contribution in [0.3, 0.4) is 0 Å². The molecule has 1 amide bonds. The first-order valence-electron chi connectivity index (χ1n) is 4.92. The third-order valence-corrected chi connectivity index (χ3v) is 2.45. The van der Waals surface area contributed by atoms with E-state index in [1.807, 2.05) is 13.1 Å². The number of hydrogen-bond donors (Lipinski definition) is 3. The topological polar surface area (TPSA) is 94.0 Å². The molecule has 84 valence electrons. The number of hydrogen-bond acceptors (Lipinski definition) is 3. The highest BCUT2D eigenvalue weighted by Gasteiger charge is 2.07. The van der Waals surface area contributed by atoms with E-state index < -0.39 is 6.09 Å². The third-order valence-electron chi connectivity index (χ3n) is 2.45. The predicted octanol–water partition coefficient (Wildman–Crippen LogP) is 0.943. The van der Waals surface area contributed by atoms with Crippen molar-refractivity contribution >= 4 is 22.7 Å². The molecule has 1 aromatic heterocycles. The molecule has 1 unspecified atom stereocenters. The normalized spacial score (nSPS) is 12.6. The summed E-state index contributed by atoms with van der Waals surface area (Å²) in [4.78, 5) is 13.5. The molecule has 0 saturated carbocycles. The van der Waals surface area contributed by atoms with Crippen LogP contribution < -0.4 is 16.2 Å². The van der Waals surface area contributed by atoms with Gasteiger partial charge in [-0.3, -0.25) is 0 Å². The van der Waals surface area contributed by atoms with Crippen LogP contribution in [0.1, 0.15) is 18.5 Å². The predicted molar refractivity (Wildman–Crippen MR) is 59.9 cm³/mol. The van der Waals surface area contributed by atoms with Gasteiger partial charge in [0.05, 0.1) is 0 Å². The number of rotatable bonds is 2. The van der Waals surface area contributed by atoms with Crippen LogP contribution in [0.2, 0.25) is 0 Å². The largest absolute Gasteiger partial charge is 0.530 e. The first kappa shape index (κ1) is 10.5. The molecule has 16 heavy (non-hydrogen) atoms. The van der Waals surface area contributed by atoms with Gasteiger partial charge < -0.3 is 25.9 Å². The van der Waals surface area contributed by atoms with Crippen molar-refractivity contribution in [2.75, 3.05) is 5.32 Å². The maximum absolute atomic E-state index is 10.4. The molecule has 4 N–H and O–H groups in total. The van der Waals surface area contributed by atoms with Crippen LogP contribution in [-0.2, 0) is 0 Å². The van der Waals surface area contributed by atoms with Crippen molar-refractivity contribution in [3.05, 3.63) is 30.0 Å². The minimum atomic E-state index is -1.32. The van der Waals surface area contributed by atoms with Crippen LogP contribution >= 0.6 is 0 Å². The van der Waals surface area contributed by atoms with Crippen molar-refractivity contribution in [1.82, 2.24) is 4.98 Å². The number of aromatic nitrogens is 1. The molecule has 1 aromatic carbocycles. The second-order valence-corrected chi connectivity index (χ2v) is 3.71. The molecule has 2 aromatic rings. The molecule has 0 radical (unpaired) electrons. The Kier molecular flexibility index (Phi) is 2.54. The molecule has 0 aliphatic heterocycles. The Morgan fingerprint density at radius 3 is 2.94 bits per heavy atom. The monoisotopic (exact) mass is 218 g/mol. The van der Waals surface area contributed by atoms with Crippen molar-refractivity contribution in [2.45, 2.75) is 13.0 Å². The SMILES string of the molecule is CC(N)c1c[nH]c2ccc(NC(=O)[O-])cc12. The van der Waals surface area contributed by atoms with Gasteiger partial charge in [-0.2, -0.15) is 0 Å². The fourth-order valence-corrected chi connectivity index (χ4v) is 1.71. The lowest BCUT2D eigenvalue weighted by Gasteiger charge is -2.08. The maximum Gasteiger partial charge on any atom is 0.138 e. The van der Waals surface area contributed by atoms with Crippen molar-refractivity contribution in [3.8, 4) is 0 Å². The van der Waals surface area contributed by atoms with Gasteiger partial charge in [0.15, 0.2) is 0 Å². The molecule has 0 aliphatic rings. The van der Waals surface area contributed by atoms with E-state index in [-0.39, 0.29) is 6.04 Å². The van der Waals surface area contributed by atoms with E-state index >= 15 is 0 Å². The lowest BCUT2D eigenvalue weighted by Crippen LogP contribution is -2.28. The summed E-state index contributed by atoms with van der Waals surface area (Å²) in [6.45, 7) is 1.88. The second kappa shape index (κ2) is 3.86. The molecule has 5 heteroatoms. The van der Waals surface area contributed by atoms with Crippen LogP contribution in [0.15, 0.2) is 24.4 Å². The van der Waals surface area contributed by atoms with Crippen molar-refractivity contribution in [2.24, 2.45) is 5.73 Å². The lowest BCUT2D eigenvalue weighted by molar-refractivity contribution is -0.242. The number of carboxylic acid groups (broad SMARTS) is 1. The van der Waals surface area contributed by atoms with Crippen LogP contribution in [0, 0.1) is 0 Å². The summed E-state index contributed by atoms with van der Waals surface area (Å²) in [5.74, 6) is 0. The number of nitrogens with one attached hydrogen (secondary N) is 2. The number of amides is 1. The van der Waals surface area contributed by atoms with Crippen LogP contribution in [0.5, 0.6) is 0 Å². The Labute approximate surface area is 92.3 Å². The van der Waals surface area contributed by atoms with Gasteiger partial charge >= 0.3 is 0 Å². The molecular weight excluding hydrogens is 206 g/mol. The average Bonchev–Trinajstić information content (AvgIpc) is 2.59. The Morgan fingerprint density at radius 1 is 1.56 bits per heavy atom. The van der Waals surface area contributed by atoms with E-state index in [1.54, 1.807) is 18.2 Å². The lowest BCUT2D eigenvalue weighted by atomic mass is 10.1. The number of anilines is 1. The van der Waals surface area contributed by atoms with E-state index in [0.29, 0.717) is 5.69 Å². The third kappa shape index (κ3) is 1.85. The smallest absolute Gasteiger partial charge is 0.138 e. The highest BCUT2D eigenvalue weighted by Crippen LogP contribution is 2.25. The number of benzene rings is 1. The molecule has 1 atom stereocenters. The van der Waals surface area contributed by atoms with Gasteiger partial charge in [-0.15, -0.1) is 0 Å². The van der Waals surface area contributed by atoms with Gasteiger partial charge in [0.1, 0.15) is 6.09 Å². The number of aromatic amines is 1. The molecule has 0 fully saturated rings. The quantitative estimate of drug-likeness (QED) is 0.700. The summed E-state index contributed by atoms with van der Waals surface area (Å²) in [5, 5.41) is 13.5. The summed E-state index contributed by atoms with van der Waals surface area (Å²) in [5.41, 5.74) is 8.17. The van der Waals surface area contributed by atoms with Crippen molar-refractivity contribution in [3.63, 3.8) is 0 Å². The Morgan fingerprint density at radius 2 is 2.31 bits per heavy atom. The molecule has 0 aliphatic carbocycles. The zero-order chi connectivity index (χ0) is 11.7. The van der Waals surface area contributed by atoms with Crippen LogP contribution in [0.25, 0.3) is 10.9 Å². The minimum absolute atomic E-state index is 0.105. The standard InChI is InChI=1S/C11H13N3O2/c1-6(12)9-5-13-10-3-2-7(4-8(9)10)14-11(15)16/h2-6,13-14H,12H2,1H3,(H,15,16)/p-1.